The van der Waals surface area contributed by atoms with E-state index in [1.54, 1.807) is 0 Å². The second kappa shape index (κ2) is 8.27. The highest BCUT2D eigenvalue weighted by Gasteiger charge is 2.17. The molecule has 0 saturated carbocycles. The topological polar surface area (TPSA) is 53.5 Å². The summed E-state index contributed by atoms with van der Waals surface area (Å²) < 4.78 is 6.04. The Kier molecular flexibility index (Phi) is 5.39. The van der Waals surface area contributed by atoms with Gasteiger partial charge >= 0.3 is 0 Å². The SMILES string of the molecule is Cc1cc(N2CCN(C)CC2)nc(Nc2ccccc2Oc2ccccc2)n1. The molecule has 2 aromatic carbocycles. The van der Waals surface area contributed by atoms with Gasteiger partial charge in [-0.15, -0.1) is 0 Å². The molecular formula is C22H25N5O. The number of ether oxygens (including phenoxy) is 1. The number of para-hydroxylation sites is 3. The van der Waals surface area contributed by atoms with Crippen molar-refractivity contribution in [1.82, 2.24) is 14.9 Å². The Hall–Kier alpha value is -3.12. The van der Waals surface area contributed by atoms with Crippen molar-refractivity contribution in [3.63, 3.8) is 0 Å². The second-order valence-corrected chi connectivity index (χ2v) is 7.02. The van der Waals surface area contributed by atoms with Gasteiger partial charge in [0, 0.05) is 37.9 Å². The van der Waals surface area contributed by atoms with Crippen LogP contribution in [0.4, 0.5) is 17.5 Å². The first kappa shape index (κ1) is 18.3. The third kappa shape index (κ3) is 4.40. The van der Waals surface area contributed by atoms with Gasteiger partial charge in [0.15, 0.2) is 5.75 Å². The van der Waals surface area contributed by atoms with Crippen molar-refractivity contribution in [2.75, 3.05) is 43.4 Å². The molecule has 3 aromatic rings. The fourth-order valence-corrected chi connectivity index (χ4v) is 3.20. The summed E-state index contributed by atoms with van der Waals surface area (Å²) in [5.41, 5.74) is 1.77. The number of nitrogens with zero attached hydrogens (tertiary/aromatic N) is 4. The van der Waals surface area contributed by atoms with Gasteiger partial charge in [0.1, 0.15) is 11.6 Å². The monoisotopic (exact) mass is 375 g/mol. The highest BCUT2D eigenvalue weighted by molar-refractivity contribution is 5.64. The summed E-state index contributed by atoms with van der Waals surface area (Å²) >= 11 is 0. The smallest absolute Gasteiger partial charge is 0.229 e. The van der Waals surface area contributed by atoms with E-state index in [1.165, 1.54) is 0 Å². The van der Waals surface area contributed by atoms with Gasteiger partial charge in [-0.25, -0.2) is 4.98 Å². The van der Waals surface area contributed by atoms with E-state index in [0.29, 0.717) is 5.95 Å². The van der Waals surface area contributed by atoms with Gasteiger partial charge in [-0.2, -0.15) is 4.98 Å². The van der Waals surface area contributed by atoms with Crippen LogP contribution in [-0.4, -0.2) is 48.1 Å². The molecule has 0 spiro atoms. The molecule has 1 N–H and O–H groups in total. The Morgan fingerprint density at radius 2 is 1.61 bits per heavy atom. The van der Waals surface area contributed by atoms with E-state index < -0.39 is 0 Å². The lowest BCUT2D eigenvalue weighted by Crippen LogP contribution is -2.44. The maximum absolute atomic E-state index is 6.04. The number of rotatable bonds is 5. The van der Waals surface area contributed by atoms with Crippen LogP contribution in [0.25, 0.3) is 0 Å². The lowest BCUT2D eigenvalue weighted by Gasteiger charge is -2.33. The normalized spacial score (nSPS) is 14.7. The lowest BCUT2D eigenvalue weighted by molar-refractivity contribution is 0.312. The molecule has 6 nitrogen and oxygen atoms in total. The number of hydrogen-bond donors (Lipinski definition) is 1. The molecule has 1 aliphatic rings. The predicted molar refractivity (Wildman–Crippen MR) is 113 cm³/mol. The summed E-state index contributed by atoms with van der Waals surface area (Å²) in [6, 6.07) is 19.6. The van der Waals surface area contributed by atoms with Crippen LogP contribution in [0.5, 0.6) is 11.5 Å². The highest BCUT2D eigenvalue weighted by atomic mass is 16.5. The molecule has 0 atom stereocenters. The number of nitrogens with one attached hydrogen (secondary N) is 1. The van der Waals surface area contributed by atoms with Crippen molar-refractivity contribution in [2.24, 2.45) is 0 Å². The van der Waals surface area contributed by atoms with Gasteiger partial charge < -0.3 is 19.9 Å². The van der Waals surface area contributed by atoms with Gasteiger partial charge in [0.25, 0.3) is 0 Å². The summed E-state index contributed by atoms with van der Waals surface area (Å²) in [6.07, 6.45) is 0. The van der Waals surface area contributed by atoms with Crippen LogP contribution in [0.2, 0.25) is 0 Å². The molecule has 0 aliphatic carbocycles. The maximum atomic E-state index is 6.04. The van der Waals surface area contributed by atoms with Crippen molar-refractivity contribution in [3.05, 3.63) is 66.4 Å². The maximum Gasteiger partial charge on any atom is 0.229 e. The van der Waals surface area contributed by atoms with E-state index in [4.69, 9.17) is 9.72 Å². The van der Waals surface area contributed by atoms with E-state index in [1.807, 2.05) is 67.6 Å². The summed E-state index contributed by atoms with van der Waals surface area (Å²) in [5, 5.41) is 3.34. The Bertz CT molecular complexity index is 923. The van der Waals surface area contributed by atoms with Gasteiger partial charge in [-0.05, 0) is 38.2 Å². The van der Waals surface area contributed by atoms with E-state index in [-0.39, 0.29) is 0 Å². The zero-order valence-corrected chi connectivity index (χ0v) is 16.3. The fraction of sp³-hybridized carbons (Fsp3) is 0.273. The van der Waals surface area contributed by atoms with Gasteiger partial charge in [-0.1, -0.05) is 30.3 Å². The van der Waals surface area contributed by atoms with Crippen molar-refractivity contribution in [3.8, 4) is 11.5 Å². The van der Waals surface area contributed by atoms with E-state index in [9.17, 15) is 0 Å². The minimum atomic E-state index is 0.582. The van der Waals surface area contributed by atoms with Gasteiger partial charge in [-0.3, -0.25) is 0 Å². The number of piperazine rings is 1. The van der Waals surface area contributed by atoms with Crippen molar-refractivity contribution < 1.29 is 4.74 Å². The van der Waals surface area contributed by atoms with Crippen LogP contribution in [0.1, 0.15) is 5.69 Å². The number of anilines is 3. The second-order valence-electron chi connectivity index (χ2n) is 7.02. The van der Waals surface area contributed by atoms with Crippen LogP contribution >= 0.6 is 0 Å². The standard InChI is InChI=1S/C22H25N5O/c1-17-16-21(27-14-12-26(2)13-15-27)25-22(23-17)24-19-10-6-7-11-20(19)28-18-8-4-3-5-9-18/h3-11,16H,12-15H2,1-2H3,(H,23,24,25). The molecule has 1 aromatic heterocycles. The number of aryl methyl sites for hydroxylation is 1. The number of likely N-dealkylation sites (N-methyl/N-ethyl adjacent to an activating group) is 1. The van der Waals surface area contributed by atoms with Crippen LogP contribution in [-0.2, 0) is 0 Å². The molecule has 28 heavy (non-hydrogen) atoms. The summed E-state index contributed by atoms with van der Waals surface area (Å²) in [4.78, 5) is 14.0. The lowest BCUT2D eigenvalue weighted by atomic mass is 10.3. The first-order valence-corrected chi connectivity index (χ1v) is 9.55. The first-order valence-electron chi connectivity index (χ1n) is 9.55. The van der Waals surface area contributed by atoms with E-state index in [0.717, 1.165) is 54.9 Å². The third-order valence-electron chi connectivity index (χ3n) is 4.77. The molecule has 6 heteroatoms. The molecule has 0 bridgehead atoms. The molecule has 0 amide bonds. The van der Waals surface area contributed by atoms with Crippen LogP contribution < -0.4 is 15.0 Å². The summed E-state index contributed by atoms with van der Waals surface area (Å²) in [7, 11) is 2.15. The Labute approximate surface area is 165 Å². The zero-order valence-electron chi connectivity index (χ0n) is 16.3. The average Bonchev–Trinajstić information content (AvgIpc) is 2.70. The summed E-state index contributed by atoms with van der Waals surface area (Å²) in [5.74, 6) is 3.07. The van der Waals surface area contributed by atoms with E-state index >= 15 is 0 Å². The molecule has 0 unspecified atom stereocenters. The molecular weight excluding hydrogens is 350 g/mol. The van der Waals surface area contributed by atoms with Crippen molar-refractivity contribution in [2.45, 2.75) is 6.92 Å². The summed E-state index contributed by atoms with van der Waals surface area (Å²) in [6.45, 7) is 6.03. The molecule has 1 fully saturated rings. The fourth-order valence-electron chi connectivity index (χ4n) is 3.20. The van der Waals surface area contributed by atoms with Crippen LogP contribution in [0.3, 0.4) is 0 Å². The van der Waals surface area contributed by atoms with E-state index in [2.05, 4.69) is 27.1 Å². The molecule has 144 valence electrons. The molecule has 1 aliphatic heterocycles. The molecule has 4 rings (SSSR count). The number of benzene rings is 2. The Morgan fingerprint density at radius 1 is 0.893 bits per heavy atom. The van der Waals surface area contributed by atoms with Crippen molar-refractivity contribution in [1.29, 1.82) is 0 Å². The first-order chi connectivity index (χ1) is 13.7. The predicted octanol–water partition coefficient (Wildman–Crippen LogP) is 4.07. The van der Waals surface area contributed by atoms with Crippen molar-refractivity contribution >= 4 is 17.5 Å². The minimum Gasteiger partial charge on any atom is -0.455 e. The largest absolute Gasteiger partial charge is 0.455 e. The third-order valence-corrected chi connectivity index (χ3v) is 4.77. The van der Waals surface area contributed by atoms with Crippen LogP contribution in [0.15, 0.2) is 60.7 Å². The van der Waals surface area contributed by atoms with Crippen LogP contribution in [0, 0.1) is 6.92 Å². The zero-order chi connectivity index (χ0) is 19.3. The highest BCUT2D eigenvalue weighted by Crippen LogP contribution is 2.31. The Morgan fingerprint density at radius 3 is 2.39 bits per heavy atom. The van der Waals surface area contributed by atoms with Gasteiger partial charge in [0.2, 0.25) is 5.95 Å². The van der Waals surface area contributed by atoms with Gasteiger partial charge in [0.05, 0.1) is 5.69 Å². The number of aromatic nitrogens is 2. The Balaban J connectivity index is 1.56. The number of hydrogen-bond acceptors (Lipinski definition) is 6. The molecule has 1 saturated heterocycles. The average molecular weight is 375 g/mol. The quantitative estimate of drug-likeness (QED) is 0.725. The molecule has 2 heterocycles. The minimum absolute atomic E-state index is 0.582. The molecule has 0 radical (unpaired) electrons.